The fourth-order valence-electron chi connectivity index (χ4n) is 5.38. The Kier molecular flexibility index (Phi) is 9.05. The lowest BCUT2D eigenvalue weighted by Gasteiger charge is -2.08. The number of ketones is 1. The number of carbonyl (C=O) groups is 2. The van der Waals surface area contributed by atoms with Crippen LogP contribution in [0, 0.1) is 0 Å². The summed E-state index contributed by atoms with van der Waals surface area (Å²) in [6.45, 7) is 5.14. The minimum Gasteiger partial charge on any atom is -0.341 e. The maximum absolute atomic E-state index is 13.3. The highest BCUT2D eigenvalue weighted by Crippen LogP contribution is 2.32. The quantitative estimate of drug-likeness (QED) is 0.0518. The summed E-state index contributed by atoms with van der Waals surface area (Å²) in [5.74, 6) is -0.468. The Bertz CT molecular complexity index is 1680. The SMILES string of the molecule is CCCCCCC/C(=N\OC(=O)c1ccccc1)c1ccc2c(c1)c1cc(C(=O)c3ccccc3)ccc1n2CC. The molecule has 0 atom stereocenters. The van der Waals surface area contributed by atoms with E-state index in [-0.39, 0.29) is 5.78 Å². The molecule has 0 bridgehead atoms. The number of hydrogen-bond acceptors (Lipinski definition) is 4. The minimum absolute atomic E-state index is 0.00297. The van der Waals surface area contributed by atoms with Crippen molar-refractivity contribution in [2.75, 3.05) is 0 Å². The molecule has 0 radical (unpaired) electrons. The lowest BCUT2D eigenvalue weighted by molar-refractivity contribution is 0.0515. The van der Waals surface area contributed by atoms with Gasteiger partial charge >= 0.3 is 5.97 Å². The summed E-state index contributed by atoms with van der Waals surface area (Å²) in [5, 5.41) is 6.47. The average Bonchev–Trinajstić information content (AvgIpc) is 3.34. The second kappa shape index (κ2) is 13.2. The van der Waals surface area contributed by atoms with E-state index in [1.807, 2.05) is 66.7 Å². The zero-order valence-corrected chi connectivity index (χ0v) is 23.8. The van der Waals surface area contributed by atoms with E-state index in [1.165, 1.54) is 19.3 Å². The number of rotatable bonds is 12. The van der Waals surface area contributed by atoms with Gasteiger partial charge in [-0.2, -0.15) is 0 Å². The van der Waals surface area contributed by atoms with Gasteiger partial charge in [0, 0.05) is 45.0 Å². The number of carbonyl (C=O) groups excluding carboxylic acids is 2. The van der Waals surface area contributed by atoms with Gasteiger partial charge in [0.1, 0.15) is 0 Å². The third-order valence-corrected chi connectivity index (χ3v) is 7.58. The number of hydrogen-bond donors (Lipinski definition) is 0. The fourth-order valence-corrected chi connectivity index (χ4v) is 5.38. The molecule has 1 heterocycles. The lowest BCUT2D eigenvalue weighted by atomic mass is 9.99. The first kappa shape index (κ1) is 28.0. The van der Waals surface area contributed by atoms with Gasteiger partial charge < -0.3 is 9.40 Å². The third kappa shape index (κ3) is 6.30. The smallest absolute Gasteiger partial charge is 0.341 e. The van der Waals surface area contributed by atoms with Gasteiger partial charge in [0.25, 0.3) is 0 Å². The molecular formula is C36H36N2O3. The van der Waals surface area contributed by atoms with Gasteiger partial charge in [0.2, 0.25) is 0 Å². The van der Waals surface area contributed by atoms with Crippen LogP contribution in [-0.4, -0.2) is 22.0 Å². The first-order valence-corrected chi connectivity index (χ1v) is 14.6. The van der Waals surface area contributed by atoms with Crippen molar-refractivity contribution < 1.29 is 14.4 Å². The predicted molar refractivity (Wildman–Crippen MR) is 167 cm³/mol. The molecule has 0 spiro atoms. The molecule has 0 amide bonds. The van der Waals surface area contributed by atoms with Crippen LogP contribution in [0.1, 0.15) is 84.2 Å². The summed E-state index contributed by atoms with van der Waals surface area (Å²) in [6, 6.07) is 30.6. The Morgan fingerprint density at radius 3 is 1.88 bits per heavy atom. The first-order valence-electron chi connectivity index (χ1n) is 14.6. The normalized spacial score (nSPS) is 11.7. The number of nitrogens with zero attached hydrogens (tertiary/aromatic N) is 2. The summed E-state index contributed by atoms with van der Waals surface area (Å²) < 4.78 is 2.27. The van der Waals surface area contributed by atoms with Gasteiger partial charge in [-0.3, -0.25) is 4.79 Å². The molecule has 0 saturated heterocycles. The summed E-state index contributed by atoms with van der Waals surface area (Å²) in [6.07, 6.45) is 6.34. The van der Waals surface area contributed by atoms with E-state index < -0.39 is 5.97 Å². The molecule has 0 unspecified atom stereocenters. The molecule has 0 fully saturated rings. The van der Waals surface area contributed by atoms with Crippen molar-refractivity contribution >= 4 is 39.3 Å². The van der Waals surface area contributed by atoms with Crippen LogP contribution >= 0.6 is 0 Å². The number of aryl methyl sites for hydroxylation is 1. The molecule has 0 aliphatic carbocycles. The van der Waals surface area contributed by atoms with Gasteiger partial charge in [-0.25, -0.2) is 4.79 Å². The van der Waals surface area contributed by atoms with Crippen LogP contribution < -0.4 is 0 Å². The summed E-state index contributed by atoms with van der Waals surface area (Å²) in [4.78, 5) is 31.4. The van der Waals surface area contributed by atoms with Crippen molar-refractivity contribution in [3.05, 3.63) is 119 Å². The van der Waals surface area contributed by atoms with Crippen molar-refractivity contribution in [2.45, 2.75) is 58.9 Å². The van der Waals surface area contributed by atoms with Crippen molar-refractivity contribution in [2.24, 2.45) is 5.16 Å². The number of aromatic nitrogens is 1. The van der Waals surface area contributed by atoms with Gasteiger partial charge in [-0.05, 0) is 62.2 Å². The summed E-state index contributed by atoms with van der Waals surface area (Å²) >= 11 is 0. The third-order valence-electron chi connectivity index (χ3n) is 7.58. The van der Waals surface area contributed by atoms with E-state index in [4.69, 9.17) is 4.84 Å². The van der Waals surface area contributed by atoms with Crippen molar-refractivity contribution in [1.29, 1.82) is 0 Å². The Labute approximate surface area is 241 Å². The number of benzene rings is 4. The van der Waals surface area contributed by atoms with Crippen LogP contribution in [0.15, 0.2) is 102 Å². The molecule has 0 saturated carbocycles. The van der Waals surface area contributed by atoms with E-state index in [0.717, 1.165) is 52.5 Å². The highest BCUT2D eigenvalue weighted by molar-refractivity contribution is 6.16. The second-order valence-electron chi connectivity index (χ2n) is 10.4. The van der Waals surface area contributed by atoms with Gasteiger partial charge in [-0.1, -0.05) is 92.4 Å². The minimum atomic E-state index is -0.471. The van der Waals surface area contributed by atoms with Crippen LogP contribution in [0.25, 0.3) is 21.8 Å². The largest absolute Gasteiger partial charge is 0.365 e. The fraction of sp³-hybridized carbons (Fsp3) is 0.250. The summed E-state index contributed by atoms with van der Waals surface area (Å²) in [5.41, 5.74) is 5.65. The molecule has 1 aromatic heterocycles. The standard InChI is InChI=1S/C36H36N2O3/c1-3-5-6-7-14-19-32(37-41-36(40)27-17-12-9-13-18-27)28-20-22-33-30(24-28)31-25-29(21-23-34(31)38(33)4-2)35(39)26-15-10-8-11-16-26/h8-13,15-18,20-25H,3-7,14,19H2,1-2H3/b37-32+. The highest BCUT2D eigenvalue weighted by atomic mass is 16.7. The van der Waals surface area contributed by atoms with E-state index in [0.29, 0.717) is 23.1 Å². The Balaban J connectivity index is 1.53. The molecule has 5 nitrogen and oxygen atoms in total. The highest BCUT2D eigenvalue weighted by Gasteiger charge is 2.17. The lowest BCUT2D eigenvalue weighted by Crippen LogP contribution is -2.07. The number of fused-ring (bicyclic) bond motifs is 3. The van der Waals surface area contributed by atoms with E-state index in [9.17, 15) is 9.59 Å². The maximum Gasteiger partial charge on any atom is 0.365 e. The second-order valence-corrected chi connectivity index (χ2v) is 10.4. The Morgan fingerprint density at radius 2 is 1.24 bits per heavy atom. The van der Waals surface area contributed by atoms with Gasteiger partial charge in [0.15, 0.2) is 5.78 Å². The number of unbranched alkanes of at least 4 members (excludes halogenated alkanes) is 4. The predicted octanol–water partition coefficient (Wildman–Crippen LogP) is 8.97. The molecule has 0 aliphatic rings. The van der Waals surface area contributed by atoms with E-state index in [2.05, 4.69) is 41.8 Å². The topological polar surface area (TPSA) is 60.7 Å². The average molecular weight is 545 g/mol. The molecule has 5 aromatic rings. The molecule has 0 N–H and O–H groups in total. The van der Waals surface area contributed by atoms with E-state index in [1.54, 1.807) is 12.1 Å². The van der Waals surface area contributed by atoms with Crippen LogP contribution in [0.3, 0.4) is 0 Å². The molecular weight excluding hydrogens is 508 g/mol. The molecule has 5 rings (SSSR count). The van der Waals surface area contributed by atoms with Crippen molar-refractivity contribution in [1.82, 2.24) is 4.57 Å². The first-order chi connectivity index (χ1) is 20.1. The van der Waals surface area contributed by atoms with Crippen molar-refractivity contribution in [3.63, 3.8) is 0 Å². The van der Waals surface area contributed by atoms with Crippen LogP contribution in [-0.2, 0) is 11.4 Å². The van der Waals surface area contributed by atoms with Crippen molar-refractivity contribution in [3.8, 4) is 0 Å². The van der Waals surface area contributed by atoms with Gasteiger partial charge in [0.05, 0.1) is 11.3 Å². The van der Waals surface area contributed by atoms with Gasteiger partial charge in [-0.15, -0.1) is 0 Å². The molecule has 5 heteroatoms. The Morgan fingerprint density at radius 1 is 0.659 bits per heavy atom. The van der Waals surface area contributed by atoms with Crippen LogP contribution in [0.4, 0.5) is 0 Å². The number of oxime groups is 1. The monoisotopic (exact) mass is 544 g/mol. The van der Waals surface area contributed by atoms with Crippen LogP contribution in [0.5, 0.6) is 0 Å². The molecule has 208 valence electrons. The molecule has 0 aliphatic heterocycles. The Hall–Kier alpha value is -4.51. The molecule has 41 heavy (non-hydrogen) atoms. The van der Waals surface area contributed by atoms with Crippen LogP contribution in [0.2, 0.25) is 0 Å². The zero-order chi connectivity index (χ0) is 28.6. The molecule has 4 aromatic carbocycles. The zero-order valence-electron chi connectivity index (χ0n) is 23.8. The maximum atomic E-state index is 13.3. The van der Waals surface area contributed by atoms with E-state index >= 15 is 0 Å². The summed E-state index contributed by atoms with van der Waals surface area (Å²) in [7, 11) is 0.